The number of carbonyl (C=O) groups excluding carboxylic acids is 3. The highest BCUT2D eigenvalue weighted by Gasteiger charge is 2.51. The second-order valence-electron chi connectivity index (χ2n) is 10.5. The summed E-state index contributed by atoms with van der Waals surface area (Å²) >= 11 is 11.8. The summed E-state index contributed by atoms with van der Waals surface area (Å²) in [7, 11) is 0. The van der Waals surface area contributed by atoms with Gasteiger partial charge in [0.15, 0.2) is 5.78 Å². The van der Waals surface area contributed by atoms with Crippen LogP contribution in [0.5, 0.6) is 0 Å². The van der Waals surface area contributed by atoms with Crippen LogP contribution in [0.3, 0.4) is 0 Å². The number of rotatable bonds is 6. The van der Waals surface area contributed by atoms with Crippen molar-refractivity contribution in [1.29, 1.82) is 0 Å². The number of urea groups is 2. The Morgan fingerprint density at radius 2 is 1.27 bits per heavy atom. The lowest BCUT2D eigenvalue weighted by Crippen LogP contribution is -2.45. The smallest absolute Gasteiger partial charge is 0.308 e. The van der Waals surface area contributed by atoms with Gasteiger partial charge in [-0.2, -0.15) is 9.03 Å². The number of benzene rings is 2. The molecule has 1 aliphatic rings. The fourth-order valence-electron chi connectivity index (χ4n) is 5.36. The Kier molecular flexibility index (Phi) is 7.52. The minimum Gasteiger partial charge on any atom is -0.308 e. The largest absolute Gasteiger partial charge is 0.326 e. The van der Waals surface area contributed by atoms with Gasteiger partial charge in [-0.25, -0.2) is 19.6 Å². The number of Topliss-reactive ketones (excluding diaryl/α,β-unsaturated/α-hetero) is 1. The van der Waals surface area contributed by atoms with E-state index in [-0.39, 0.29) is 47.7 Å². The maximum absolute atomic E-state index is 13.6. The summed E-state index contributed by atoms with van der Waals surface area (Å²) in [6.07, 6.45) is 0.380. The van der Waals surface area contributed by atoms with Crippen molar-refractivity contribution in [3.05, 3.63) is 90.7 Å². The average molecular weight is 691 g/mol. The predicted octanol–water partition coefficient (Wildman–Crippen LogP) is 2.57. The Balaban J connectivity index is 1.20. The molecule has 1 saturated carbocycles. The number of halogens is 2. The molecule has 4 amide bonds. The van der Waals surface area contributed by atoms with E-state index in [0.29, 0.717) is 27.8 Å². The molecule has 1 aliphatic carbocycles. The molecule has 0 spiro atoms. The Bertz CT molecular complexity index is 2380. The van der Waals surface area contributed by atoms with Gasteiger partial charge in [0.05, 0.1) is 0 Å². The molecule has 7 rings (SSSR count). The molecular formula is C27H20Cl2N14O5. The number of carbonyl (C=O) groups is 3. The zero-order valence-electron chi connectivity index (χ0n) is 24.1. The fraction of sp³-hybridized carbons (Fsp3) is 0.148. The normalized spacial score (nSPS) is 15.9. The standard InChI is InChI=1S/C27H20Cl2N14O5/c28-12-6-8-14(9-7-12)30-25(47)34-23-38-36-21-32-17(19(45)40-42(21)23)27(10-2-5-16(27)44)18-20(46)41-43-22(33-18)37-39-24(43)35-26(48)31-15-4-1-3-13(29)11-15/h1,3-4,6-9,11H,2,5,10H2,(H,40,45)(H,41,46)(H2,30,34,38,47)(H2,31,35,39,48)/t27-/m1/s1. The number of hydrogen-bond acceptors (Lipinski definition) is 11. The summed E-state index contributed by atoms with van der Waals surface area (Å²) < 4.78 is 2.04. The third-order valence-electron chi connectivity index (χ3n) is 7.45. The van der Waals surface area contributed by atoms with Crippen molar-refractivity contribution in [1.82, 2.24) is 49.6 Å². The molecule has 0 radical (unpaired) electrons. The van der Waals surface area contributed by atoms with Crippen LogP contribution >= 0.6 is 23.2 Å². The summed E-state index contributed by atoms with van der Waals surface area (Å²) in [4.78, 5) is 74.4. The van der Waals surface area contributed by atoms with Crippen molar-refractivity contribution in [2.75, 3.05) is 21.3 Å². The van der Waals surface area contributed by atoms with Crippen molar-refractivity contribution in [3.63, 3.8) is 0 Å². The summed E-state index contributed by atoms with van der Waals surface area (Å²) in [5.41, 5.74) is -3.45. The average Bonchev–Trinajstić information content (AvgIpc) is 3.74. The van der Waals surface area contributed by atoms with E-state index in [1.165, 1.54) is 6.07 Å². The molecule has 4 heterocycles. The van der Waals surface area contributed by atoms with Crippen LogP contribution in [0.15, 0.2) is 58.1 Å². The Labute approximate surface area is 276 Å². The minimum absolute atomic E-state index is 0.0222. The van der Waals surface area contributed by atoms with Gasteiger partial charge < -0.3 is 10.6 Å². The maximum Gasteiger partial charge on any atom is 0.326 e. The van der Waals surface area contributed by atoms with Crippen molar-refractivity contribution >= 4 is 75.9 Å². The van der Waals surface area contributed by atoms with E-state index in [4.69, 9.17) is 23.2 Å². The monoisotopic (exact) mass is 690 g/mol. The minimum atomic E-state index is -1.88. The molecule has 6 N–H and O–H groups in total. The van der Waals surface area contributed by atoms with Crippen LogP contribution in [0, 0.1) is 0 Å². The van der Waals surface area contributed by atoms with Crippen LogP contribution in [-0.4, -0.2) is 67.4 Å². The highest BCUT2D eigenvalue weighted by Crippen LogP contribution is 2.40. The first kappa shape index (κ1) is 30.4. The second kappa shape index (κ2) is 11.9. The summed E-state index contributed by atoms with van der Waals surface area (Å²) in [6.45, 7) is 0. The van der Waals surface area contributed by atoms with E-state index in [1.807, 2.05) is 0 Å². The number of amides is 4. The van der Waals surface area contributed by atoms with Gasteiger partial charge in [0, 0.05) is 27.8 Å². The molecule has 0 bridgehead atoms. The second-order valence-corrected chi connectivity index (χ2v) is 11.4. The van der Waals surface area contributed by atoms with Crippen LogP contribution in [0.2, 0.25) is 10.0 Å². The molecule has 2 aromatic carbocycles. The lowest BCUT2D eigenvalue weighted by molar-refractivity contribution is -0.121. The van der Waals surface area contributed by atoms with Crippen molar-refractivity contribution in [3.8, 4) is 0 Å². The molecule has 48 heavy (non-hydrogen) atoms. The van der Waals surface area contributed by atoms with Gasteiger partial charge in [0.2, 0.25) is 0 Å². The first-order valence-corrected chi connectivity index (χ1v) is 14.8. The summed E-state index contributed by atoms with van der Waals surface area (Å²) in [6, 6.07) is 11.4. The third-order valence-corrected chi connectivity index (χ3v) is 7.93. The molecule has 19 nitrogen and oxygen atoms in total. The van der Waals surface area contributed by atoms with Crippen LogP contribution in [0.25, 0.3) is 11.6 Å². The number of nitrogens with zero attached hydrogens (tertiary/aromatic N) is 8. The molecule has 6 aromatic rings. The summed E-state index contributed by atoms with van der Waals surface area (Å²) in [5, 5.41) is 31.6. The number of hydrogen-bond donors (Lipinski definition) is 6. The van der Waals surface area contributed by atoms with E-state index in [0.717, 1.165) is 9.03 Å². The summed E-state index contributed by atoms with van der Waals surface area (Å²) in [5.74, 6) is -1.21. The van der Waals surface area contributed by atoms with E-state index < -0.39 is 34.4 Å². The SMILES string of the molecule is O=C(Nc1ccc(Cl)cc1)Nc1nnc2nc([C@@]3(c4nc5nnc(NC(=O)Nc6cccc(Cl)c6)n5[nH]c4=O)CCCC3=O)c(=O)[nH]n12. The van der Waals surface area contributed by atoms with Crippen LogP contribution < -0.4 is 32.4 Å². The van der Waals surface area contributed by atoms with Crippen molar-refractivity contribution in [2.45, 2.75) is 24.7 Å². The van der Waals surface area contributed by atoms with E-state index in [9.17, 15) is 24.0 Å². The zero-order valence-corrected chi connectivity index (χ0v) is 25.6. The van der Waals surface area contributed by atoms with Crippen LogP contribution in [0.4, 0.5) is 32.9 Å². The first-order chi connectivity index (χ1) is 23.1. The topological polar surface area (TPSA) is 251 Å². The van der Waals surface area contributed by atoms with Crippen LogP contribution in [-0.2, 0) is 10.2 Å². The number of H-pyrrole nitrogens is 2. The number of anilines is 4. The van der Waals surface area contributed by atoms with E-state index in [1.54, 1.807) is 42.5 Å². The molecule has 0 saturated heterocycles. The number of nitrogens with one attached hydrogen (secondary N) is 6. The van der Waals surface area contributed by atoms with Gasteiger partial charge in [0.1, 0.15) is 16.8 Å². The molecule has 21 heteroatoms. The molecule has 0 aliphatic heterocycles. The molecule has 0 unspecified atom stereocenters. The van der Waals surface area contributed by atoms with Crippen molar-refractivity contribution < 1.29 is 14.4 Å². The van der Waals surface area contributed by atoms with E-state index in [2.05, 4.69) is 61.8 Å². The predicted molar refractivity (Wildman–Crippen MR) is 171 cm³/mol. The number of ketones is 1. The highest BCUT2D eigenvalue weighted by atomic mass is 35.5. The Hall–Kier alpha value is -6.21. The fourth-order valence-corrected chi connectivity index (χ4v) is 5.68. The maximum atomic E-state index is 13.6. The zero-order chi connectivity index (χ0) is 33.6. The lowest BCUT2D eigenvalue weighted by atomic mass is 9.78. The quantitative estimate of drug-likeness (QED) is 0.148. The first-order valence-electron chi connectivity index (χ1n) is 14.0. The molecule has 1 fully saturated rings. The van der Waals surface area contributed by atoms with E-state index >= 15 is 0 Å². The van der Waals surface area contributed by atoms with Gasteiger partial charge in [-0.1, -0.05) is 29.3 Å². The van der Waals surface area contributed by atoms with Gasteiger partial charge in [0.25, 0.3) is 34.6 Å². The number of aromatic nitrogens is 10. The van der Waals surface area contributed by atoms with Gasteiger partial charge in [-0.05, 0) is 55.3 Å². The highest BCUT2D eigenvalue weighted by molar-refractivity contribution is 6.31. The Morgan fingerprint density at radius 3 is 1.79 bits per heavy atom. The van der Waals surface area contributed by atoms with Crippen LogP contribution in [0.1, 0.15) is 30.7 Å². The molecule has 1 atom stereocenters. The van der Waals surface area contributed by atoms with Gasteiger partial charge in [-0.3, -0.25) is 35.2 Å². The Morgan fingerprint density at radius 1 is 0.708 bits per heavy atom. The number of aromatic amines is 2. The molecule has 242 valence electrons. The lowest BCUT2D eigenvalue weighted by Gasteiger charge is -2.24. The van der Waals surface area contributed by atoms with Crippen molar-refractivity contribution in [2.24, 2.45) is 0 Å². The van der Waals surface area contributed by atoms with Gasteiger partial charge in [-0.15, -0.1) is 20.4 Å². The molecule has 4 aromatic heterocycles. The molecular weight excluding hydrogens is 671 g/mol. The third kappa shape index (κ3) is 5.45. The number of fused-ring (bicyclic) bond motifs is 2. The van der Waals surface area contributed by atoms with Gasteiger partial charge >= 0.3 is 12.1 Å².